The zero-order valence-electron chi connectivity index (χ0n) is 11.2. The summed E-state index contributed by atoms with van der Waals surface area (Å²) < 4.78 is 15.6. The standard InChI is InChI=1S/C14H20O4/c1-4-8-18-9-7-13(15)12-6-5-11(16-2)10-14(12)17-3/h5-6,10H,4,7-9H2,1-3H3. The summed E-state index contributed by atoms with van der Waals surface area (Å²) in [4.78, 5) is 12.0. The van der Waals surface area contributed by atoms with E-state index in [0.717, 1.165) is 6.42 Å². The lowest BCUT2D eigenvalue weighted by Gasteiger charge is -2.09. The van der Waals surface area contributed by atoms with Crippen molar-refractivity contribution in [3.8, 4) is 11.5 Å². The zero-order chi connectivity index (χ0) is 13.4. The highest BCUT2D eigenvalue weighted by Gasteiger charge is 2.12. The van der Waals surface area contributed by atoms with Crippen molar-refractivity contribution in [1.82, 2.24) is 0 Å². The fraction of sp³-hybridized carbons (Fsp3) is 0.500. The summed E-state index contributed by atoms with van der Waals surface area (Å²) in [5.74, 6) is 1.23. The molecule has 0 aliphatic rings. The highest BCUT2D eigenvalue weighted by atomic mass is 16.5. The molecule has 0 atom stereocenters. The van der Waals surface area contributed by atoms with Crippen LogP contribution in [0.3, 0.4) is 0 Å². The molecule has 18 heavy (non-hydrogen) atoms. The van der Waals surface area contributed by atoms with Crippen LogP contribution in [0.4, 0.5) is 0 Å². The number of hydrogen-bond donors (Lipinski definition) is 0. The number of ketones is 1. The number of Topliss-reactive ketones (excluding diaryl/α,β-unsaturated/α-hetero) is 1. The van der Waals surface area contributed by atoms with Crippen LogP contribution in [0, 0.1) is 0 Å². The largest absolute Gasteiger partial charge is 0.497 e. The molecular formula is C14H20O4. The lowest BCUT2D eigenvalue weighted by atomic mass is 10.1. The maximum atomic E-state index is 12.0. The quantitative estimate of drug-likeness (QED) is 0.527. The summed E-state index contributed by atoms with van der Waals surface area (Å²) in [6.07, 6.45) is 1.32. The second-order valence-electron chi connectivity index (χ2n) is 3.85. The first kappa shape index (κ1) is 14.5. The van der Waals surface area contributed by atoms with Crippen LogP contribution in [-0.4, -0.2) is 33.2 Å². The van der Waals surface area contributed by atoms with Crippen molar-refractivity contribution in [3.63, 3.8) is 0 Å². The number of carbonyl (C=O) groups excluding carboxylic acids is 1. The van der Waals surface area contributed by atoms with Crippen LogP contribution in [0.1, 0.15) is 30.1 Å². The van der Waals surface area contributed by atoms with Gasteiger partial charge in [0.15, 0.2) is 5.78 Å². The molecule has 0 saturated carbocycles. The molecule has 1 aromatic carbocycles. The van der Waals surface area contributed by atoms with Crippen LogP contribution in [-0.2, 0) is 4.74 Å². The van der Waals surface area contributed by atoms with Crippen LogP contribution in [0.2, 0.25) is 0 Å². The van der Waals surface area contributed by atoms with Crippen LogP contribution in [0.5, 0.6) is 11.5 Å². The third-order valence-corrected chi connectivity index (χ3v) is 2.53. The van der Waals surface area contributed by atoms with Crippen molar-refractivity contribution >= 4 is 5.78 Å². The van der Waals surface area contributed by atoms with Crippen molar-refractivity contribution in [2.45, 2.75) is 19.8 Å². The Bertz CT molecular complexity index is 387. The van der Waals surface area contributed by atoms with E-state index < -0.39 is 0 Å². The van der Waals surface area contributed by atoms with Gasteiger partial charge in [-0.3, -0.25) is 4.79 Å². The average molecular weight is 252 g/mol. The molecule has 4 nitrogen and oxygen atoms in total. The van der Waals surface area contributed by atoms with Crippen molar-refractivity contribution in [1.29, 1.82) is 0 Å². The lowest BCUT2D eigenvalue weighted by molar-refractivity contribution is 0.0876. The first-order chi connectivity index (χ1) is 8.72. The fourth-order valence-corrected chi connectivity index (χ4v) is 1.57. The van der Waals surface area contributed by atoms with Gasteiger partial charge in [0.2, 0.25) is 0 Å². The Balaban J connectivity index is 2.66. The Hall–Kier alpha value is -1.55. The minimum atomic E-state index is 0.0191. The van der Waals surface area contributed by atoms with Gasteiger partial charge >= 0.3 is 0 Å². The summed E-state index contributed by atoms with van der Waals surface area (Å²) >= 11 is 0. The Kier molecular flexibility index (Phi) is 6.22. The second-order valence-corrected chi connectivity index (χ2v) is 3.85. The summed E-state index contributed by atoms with van der Waals surface area (Å²) in [7, 11) is 3.12. The van der Waals surface area contributed by atoms with Gasteiger partial charge in [-0.15, -0.1) is 0 Å². The van der Waals surface area contributed by atoms with E-state index in [1.807, 2.05) is 6.92 Å². The van der Waals surface area contributed by atoms with Crippen LogP contribution >= 0.6 is 0 Å². The van der Waals surface area contributed by atoms with E-state index in [4.69, 9.17) is 14.2 Å². The predicted molar refractivity (Wildman–Crippen MR) is 69.6 cm³/mol. The molecule has 0 fully saturated rings. The molecule has 0 aliphatic carbocycles. The van der Waals surface area contributed by atoms with Gasteiger partial charge in [0.25, 0.3) is 0 Å². The molecule has 100 valence electrons. The van der Waals surface area contributed by atoms with E-state index in [1.165, 1.54) is 0 Å². The number of ether oxygens (including phenoxy) is 3. The molecule has 4 heteroatoms. The molecule has 1 rings (SSSR count). The molecule has 0 aromatic heterocycles. The summed E-state index contributed by atoms with van der Waals surface area (Å²) in [5.41, 5.74) is 0.568. The Morgan fingerprint density at radius 3 is 2.56 bits per heavy atom. The molecule has 0 aliphatic heterocycles. The molecular weight excluding hydrogens is 232 g/mol. The zero-order valence-corrected chi connectivity index (χ0v) is 11.2. The third kappa shape index (κ3) is 4.04. The van der Waals surface area contributed by atoms with Crippen molar-refractivity contribution in [2.24, 2.45) is 0 Å². The van der Waals surface area contributed by atoms with E-state index >= 15 is 0 Å². The number of benzene rings is 1. The summed E-state index contributed by atoms with van der Waals surface area (Å²) in [6, 6.07) is 5.18. The highest BCUT2D eigenvalue weighted by Crippen LogP contribution is 2.25. The van der Waals surface area contributed by atoms with Gasteiger partial charge in [0, 0.05) is 19.1 Å². The average Bonchev–Trinajstić information content (AvgIpc) is 2.42. The van der Waals surface area contributed by atoms with Crippen molar-refractivity contribution < 1.29 is 19.0 Å². The highest BCUT2D eigenvalue weighted by molar-refractivity contribution is 5.98. The smallest absolute Gasteiger partial charge is 0.168 e. The van der Waals surface area contributed by atoms with Gasteiger partial charge in [-0.25, -0.2) is 0 Å². The molecule has 1 aromatic rings. The van der Waals surface area contributed by atoms with Crippen LogP contribution in [0.25, 0.3) is 0 Å². The molecule has 0 N–H and O–H groups in total. The number of rotatable bonds is 8. The topological polar surface area (TPSA) is 44.8 Å². The van der Waals surface area contributed by atoms with E-state index in [-0.39, 0.29) is 5.78 Å². The van der Waals surface area contributed by atoms with E-state index in [0.29, 0.717) is 36.7 Å². The first-order valence-corrected chi connectivity index (χ1v) is 6.05. The third-order valence-electron chi connectivity index (χ3n) is 2.53. The number of methoxy groups -OCH3 is 2. The van der Waals surface area contributed by atoms with Gasteiger partial charge in [-0.2, -0.15) is 0 Å². The van der Waals surface area contributed by atoms with Crippen LogP contribution < -0.4 is 9.47 Å². The molecule has 0 amide bonds. The maximum absolute atomic E-state index is 12.0. The molecule has 0 radical (unpaired) electrons. The molecule has 0 spiro atoms. The molecule has 0 bridgehead atoms. The van der Waals surface area contributed by atoms with Crippen LogP contribution in [0.15, 0.2) is 18.2 Å². The SMILES string of the molecule is CCCOCCC(=O)c1ccc(OC)cc1OC. The molecule has 0 saturated heterocycles. The van der Waals surface area contributed by atoms with Crippen molar-refractivity contribution in [3.05, 3.63) is 23.8 Å². The maximum Gasteiger partial charge on any atom is 0.168 e. The van der Waals surface area contributed by atoms with Gasteiger partial charge < -0.3 is 14.2 Å². The minimum absolute atomic E-state index is 0.0191. The Morgan fingerprint density at radius 2 is 1.94 bits per heavy atom. The minimum Gasteiger partial charge on any atom is -0.497 e. The van der Waals surface area contributed by atoms with Gasteiger partial charge in [0.05, 0.1) is 26.4 Å². The Labute approximate surface area is 108 Å². The van der Waals surface area contributed by atoms with Gasteiger partial charge in [0.1, 0.15) is 11.5 Å². The summed E-state index contributed by atoms with van der Waals surface area (Å²) in [6.45, 7) is 3.17. The summed E-state index contributed by atoms with van der Waals surface area (Å²) in [5, 5.41) is 0. The van der Waals surface area contributed by atoms with E-state index in [1.54, 1.807) is 32.4 Å². The fourth-order valence-electron chi connectivity index (χ4n) is 1.57. The van der Waals surface area contributed by atoms with E-state index in [9.17, 15) is 4.79 Å². The van der Waals surface area contributed by atoms with Crippen molar-refractivity contribution in [2.75, 3.05) is 27.4 Å². The predicted octanol–water partition coefficient (Wildman–Crippen LogP) is 2.70. The Morgan fingerprint density at radius 1 is 1.17 bits per heavy atom. The normalized spacial score (nSPS) is 10.2. The second kappa shape index (κ2) is 7.71. The molecule has 0 unspecified atom stereocenters. The number of hydrogen-bond acceptors (Lipinski definition) is 4. The van der Waals surface area contributed by atoms with Gasteiger partial charge in [-0.1, -0.05) is 6.92 Å². The first-order valence-electron chi connectivity index (χ1n) is 6.05. The number of carbonyl (C=O) groups is 1. The monoisotopic (exact) mass is 252 g/mol. The van der Waals surface area contributed by atoms with E-state index in [2.05, 4.69) is 0 Å². The van der Waals surface area contributed by atoms with Gasteiger partial charge in [-0.05, 0) is 18.6 Å². The molecule has 0 heterocycles. The lowest BCUT2D eigenvalue weighted by Crippen LogP contribution is -2.07.